The molecule has 0 aliphatic rings. The van der Waals surface area contributed by atoms with Crippen molar-refractivity contribution in [1.29, 1.82) is 0 Å². The number of carbonyl (C=O) groups is 1. The fourth-order valence-corrected chi connectivity index (χ4v) is 3.11. The quantitative estimate of drug-likeness (QED) is 0.829. The summed E-state index contributed by atoms with van der Waals surface area (Å²) in [6, 6.07) is 10.0. The van der Waals surface area contributed by atoms with Gasteiger partial charge >= 0.3 is 0 Å². The molecule has 0 saturated carbocycles. The lowest BCUT2D eigenvalue weighted by Crippen LogP contribution is -2.33. The summed E-state index contributed by atoms with van der Waals surface area (Å²) in [7, 11) is -3.57. The van der Waals surface area contributed by atoms with E-state index < -0.39 is 21.0 Å². The van der Waals surface area contributed by atoms with Crippen LogP contribution in [0.25, 0.3) is 10.8 Å². The number of aromatic hydroxyl groups is 1. The van der Waals surface area contributed by atoms with Crippen molar-refractivity contribution in [2.24, 2.45) is 0 Å². The van der Waals surface area contributed by atoms with Crippen LogP contribution in [0.5, 0.6) is 5.75 Å². The Hall–Kier alpha value is -2.34. The number of hydrogen-bond donors (Lipinski definition) is 2. The number of phenols is 1. The molecule has 0 fully saturated rings. The second-order valence-electron chi connectivity index (χ2n) is 4.93. The summed E-state index contributed by atoms with van der Waals surface area (Å²) >= 11 is 0. The zero-order valence-corrected chi connectivity index (χ0v) is 12.9. The van der Waals surface area contributed by atoms with E-state index in [1.54, 1.807) is 36.4 Å². The molecule has 0 aliphatic carbocycles. The molecule has 1 amide bonds. The van der Waals surface area contributed by atoms with Crippen molar-refractivity contribution in [3.8, 4) is 5.75 Å². The molecule has 2 rings (SSSR count). The minimum atomic E-state index is -3.57. The molecule has 0 saturated heterocycles. The van der Waals surface area contributed by atoms with Gasteiger partial charge in [-0.05, 0) is 19.1 Å². The number of rotatable bonds is 5. The Morgan fingerprint density at radius 3 is 2.59 bits per heavy atom. The molecule has 0 spiro atoms. The molecule has 0 aromatic heterocycles. The molecule has 2 aromatic rings. The van der Waals surface area contributed by atoms with E-state index in [1.165, 1.54) is 13.0 Å². The van der Waals surface area contributed by atoms with Crippen molar-refractivity contribution in [3.05, 3.63) is 49.1 Å². The predicted octanol–water partition coefficient (Wildman–Crippen LogP) is 2.47. The first-order valence-electron chi connectivity index (χ1n) is 6.71. The van der Waals surface area contributed by atoms with Crippen LogP contribution < -0.4 is 5.32 Å². The average molecular weight is 319 g/mol. The van der Waals surface area contributed by atoms with E-state index in [1.807, 2.05) is 0 Å². The average Bonchev–Trinajstić information content (AvgIpc) is 2.47. The van der Waals surface area contributed by atoms with E-state index in [0.717, 1.165) is 0 Å². The number of carbonyl (C=O) groups excluding carboxylic acids is 1. The van der Waals surface area contributed by atoms with Crippen molar-refractivity contribution in [2.75, 3.05) is 11.1 Å². The SMILES string of the molecule is C=CCS(=O)(=O)C(C)C(=O)Nc1cccc2c(O)cccc12. The summed E-state index contributed by atoms with van der Waals surface area (Å²) < 4.78 is 23.8. The van der Waals surface area contributed by atoms with Gasteiger partial charge in [0.1, 0.15) is 11.0 Å². The lowest BCUT2D eigenvalue weighted by molar-refractivity contribution is -0.115. The maximum atomic E-state index is 12.2. The molecule has 0 bridgehead atoms. The summed E-state index contributed by atoms with van der Waals surface area (Å²) in [6.45, 7) is 4.73. The molecule has 0 heterocycles. The third-order valence-corrected chi connectivity index (χ3v) is 5.41. The number of anilines is 1. The first kappa shape index (κ1) is 16.0. The highest BCUT2D eigenvalue weighted by Crippen LogP contribution is 2.29. The van der Waals surface area contributed by atoms with E-state index in [-0.39, 0.29) is 11.5 Å². The number of phenolic OH excluding ortho intramolecular Hbond substituents is 1. The standard InChI is InChI=1S/C16H17NO4S/c1-3-10-22(20,21)11(2)16(19)17-14-8-4-7-13-12(14)6-5-9-15(13)18/h3-9,11,18H,1,10H2,2H3,(H,17,19). The van der Waals surface area contributed by atoms with E-state index in [2.05, 4.69) is 11.9 Å². The molecule has 2 aromatic carbocycles. The number of fused-ring (bicyclic) bond motifs is 1. The predicted molar refractivity (Wildman–Crippen MR) is 87.7 cm³/mol. The van der Waals surface area contributed by atoms with Crippen LogP contribution in [0.1, 0.15) is 6.92 Å². The zero-order valence-electron chi connectivity index (χ0n) is 12.1. The Balaban J connectivity index is 2.34. The van der Waals surface area contributed by atoms with E-state index in [9.17, 15) is 18.3 Å². The normalized spacial score (nSPS) is 12.8. The van der Waals surface area contributed by atoms with Crippen LogP contribution in [0.15, 0.2) is 49.1 Å². The summed E-state index contributed by atoms with van der Waals surface area (Å²) in [5.41, 5.74) is 0.457. The molecule has 0 aliphatic heterocycles. The van der Waals surface area contributed by atoms with Crippen molar-refractivity contribution in [2.45, 2.75) is 12.2 Å². The van der Waals surface area contributed by atoms with E-state index >= 15 is 0 Å². The van der Waals surface area contributed by atoms with E-state index in [0.29, 0.717) is 16.5 Å². The maximum absolute atomic E-state index is 12.2. The third-order valence-electron chi connectivity index (χ3n) is 3.41. The number of hydrogen-bond acceptors (Lipinski definition) is 4. The van der Waals surface area contributed by atoms with Crippen LogP contribution >= 0.6 is 0 Å². The molecule has 0 radical (unpaired) electrons. The molecular formula is C16H17NO4S. The second kappa shape index (κ2) is 6.19. The first-order valence-corrected chi connectivity index (χ1v) is 8.42. The van der Waals surface area contributed by atoms with Crippen molar-refractivity contribution in [1.82, 2.24) is 0 Å². The van der Waals surface area contributed by atoms with Gasteiger partial charge in [-0.15, -0.1) is 6.58 Å². The van der Waals surface area contributed by atoms with Crippen molar-refractivity contribution >= 4 is 32.2 Å². The Kier molecular flexibility index (Phi) is 4.51. The summed E-state index contributed by atoms with van der Waals surface area (Å²) in [4.78, 5) is 12.2. The van der Waals surface area contributed by atoms with Crippen LogP contribution in [0.4, 0.5) is 5.69 Å². The fourth-order valence-electron chi connectivity index (χ4n) is 2.11. The number of amides is 1. The van der Waals surface area contributed by atoms with E-state index in [4.69, 9.17) is 0 Å². The molecule has 116 valence electrons. The zero-order chi connectivity index (χ0) is 16.3. The Morgan fingerprint density at radius 2 is 1.91 bits per heavy atom. The number of benzene rings is 2. The Morgan fingerprint density at radius 1 is 1.27 bits per heavy atom. The monoisotopic (exact) mass is 319 g/mol. The van der Waals surface area contributed by atoms with Crippen LogP contribution in [0, 0.1) is 0 Å². The lowest BCUT2D eigenvalue weighted by Gasteiger charge is -2.14. The van der Waals surface area contributed by atoms with Gasteiger partial charge in [-0.3, -0.25) is 4.79 Å². The summed E-state index contributed by atoms with van der Waals surface area (Å²) in [6.07, 6.45) is 1.26. The smallest absolute Gasteiger partial charge is 0.242 e. The molecule has 6 heteroatoms. The molecule has 5 nitrogen and oxygen atoms in total. The topological polar surface area (TPSA) is 83.5 Å². The van der Waals surface area contributed by atoms with Gasteiger partial charge in [-0.1, -0.05) is 30.3 Å². The third kappa shape index (κ3) is 3.12. The molecule has 1 atom stereocenters. The first-order chi connectivity index (χ1) is 10.4. The summed E-state index contributed by atoms with van der Waals surface area (Å²) in [5, 5.41) is 12.5. The minimum absolute atomic E-state index is 0.0981. The highest BCUT2D eigenvalue weighted by atomic mass is 32.2. The number of sulfone groups is 1. The highest BCUT2D eigenvalue weighted by Gasteiger charge is 2.27. The van der Waals surface area contributed by atoms with Crippen molar-refractivity contribution < 1.29 is 18.3 Å². The minimum Gasteiger partial charge on any atom is -0.507 e. The van der Waals surface area contributed by atoms with Gasteiger partial charge in [0, 0.05) is 16.5 Å². The number of nitrogens with one attached hydrogen (secondary N) is 1. The lowest BCUT2D eigenvalue weighted by atomic mass is 10.1. The molecule has 1 unspecified atom stereocenters. The largest absolute Gasteiger partial charge is 0.507 e. The molecule has 2 N–H and O–H groups in total. The van der Waals surface area contributed by atoms with Crippen LogP contribution in [-0.2, 0) is 14.6 Å². The Labute approximate surface area is 129 Å². The highest BCUT2D eigenvalue weighted by molar-refractivity contribution is 7.92. The maximum Gasteiger partial charge on any atom is 0.242 e. The Bertz CT molecular complexity index is 827. The second-order valence-corrected chi connectivity index (χ2v) is 7.29. The summed E-state index contributed by atoms with van der Waals surface area (Å²) in [5.74, 6) is -0.767. The van der Waals surface area contributed by atoms with Crippen LogP contribution in [-0.4, -0.2) is 30.4 Å². The molecular weight excluding hydrogens is 302 g/mol. The van der Waals surface area contributed by atoms with Gasteiger partial charge < -0.3 is 10.4 Å². The van der Waals surface area contributed by atoms with Crippen LogP contribution in [0.3, 0.4) is 0 Å². The van der Waals surface area contributed by atoms with Gasteiger partial charge in [-0.25, -0.2) is 8.42 Å². The van der Waals surface area contributed by atoms with Gasteiger partial charge in [0.25, 0.3) is 0 Å². The van der Waals surface area contributed by atoms with Gasteiger partial charge in [-0.2, -0.15) is 0 Å². The van der Waals surface area contributed by atoms with Gasteiger partial charge in [0.05, 0.1) is 5.75 Å². The fraction of sp³-hybridized carbons (Fsp3) is 0.188. The van der Waals surface area contributed by atoms with Gasteiger partial charge in [0.2, 0.25) is 5.91 Å². The van der Waals surface area contributed by atoms with Gasteiger partial charge in [0.15, 0.2) is 9.84 Å². The van der Waals surface area contributed by atoms with Crippen LogP contribution in [0.2, 0.25) is 0 Å². The molecule has 22 heavy (non-hydrogen) atoms. The van der Waals surface area contributed by atoms with Crippen molar-refractivity contribution in [3.63, 3.8) is 0 Å².